The van der Waals surface area contributed by atoms with Gasteiger partial charge < -0.3 is 5.73 Å². The Bertz CT molecular complexity index is 713. The van der Waals surface area contributed by atoms with Crippen molar-refractivity contribution in [1.29, 1.82) is 0 Å². The molecule has 0 aromatic carbocycles. The zero-order valence-electron chi connectivity index (χ0n) is 10.1. The molecule has 18 heavy (non-hydrogen) atoms. The van der Waals surface area contributed by atoms with Crippen LogP contribution in [-0.2, 0) is 0 Å². The number of hydrogen-bond donors (Lipinski definition) is 1. The van der Waals surface area contributed by atoms with Crippen LogP contribution in [0.2, 0.25) is 0 Å². The molecule has 0 aliphatic rings. The molecule has 0 bridgehead atoms. The first-order valence-electron chi connectivity index (χ1n) is 5.56. The molecule has 0 radical (unpaired) electrons. The van der Waals surface area contributed by atoms with E-state index >= 15 is 0 Å². The summed E-state index contributed by atoms with van der Waals surface area (Å²) in [4.78, 5) is 8.60. The van der Waals surface area contributed by atoms with Gasteiger partial charge in [-0.1, -0.05) is 0 Å². The smallest absolute Gasteiger partial charge is 0.255 e. The predicted molar refractivity (Wildman–Crippen MR) is 67.9 cm³/mol. The second-order valence-electron chi connectivity index (χ2n) is 4.17. The fraction of sp³-hybridized carbons (Fsp3) is 0.167. The molecule has 3 heterocycles. The lowest BCUT2D eigenvalue weighted by Crippen LogP contribution is -1.99. The maximum atomic E-state index is 5.62. The minimum Gasteiger partial charge on any atom is -0.397 e. The molecular weight excluding hydrogens is 228 g/mol. The Morgan fingerprint density at radius 1 is 1.17 bits per heavy atom. The lowest BCUT2D eigenvalue weighted by molar-refractivity contribution is 1.01. The summed E-state index contributed by atoms with van der Waals surface area (Å²) >= 11 is 0. The Labute approximate surface area is 104 Å². The van der Waals surface area contributed by atoms with Crippen molar-refractivity contribution in [3.8, 4) is 11.5 Å². The fourth-order valence-corrected chi connectivity index (χ4v) is 1.93. The Morgan fingerprint density at radius 3 is 2.72 bits per heavy atom. The van der Waals surface area contributed by atoms with Gasteiger partial charge in [0, 0.05) is 11.4 Å². The van der Waals surface area contributed by atoms with Crippen LogP contribution >= 0.6 is 0 Å². The van der Waals surface area contributed by atoms with Crippen molar-refractivity contribution >= 4 is 11.5 Å². The van der Waals surface area contributed by atoms with E-state index in [2.05, 4.69) is 20.2 Å². The van der Waals surface area contributed by atoms with E-state index in [0.717, 1.165) is 17.1 Å². The molecule has 0 saturated carbocycles. The Morgan fingerprint density at radius 2 is 2.00 bits per heavy atom. The quantitative estimate of drug-likeness (QED) is 0.695. The van der Waals surface area contributed by atoms with Crippen molar-refractivity contribution in [2.75, 3.05) is 5.73 Å². The largest absolute Gasteiger partial charge is 0.397 e. The van der Waals surface area contributed by atoms with Crippen molar-refractivity contribution in [2.24, 2.45) is 0 Å². The molecule has 0 spiro atoms. The number of nitrogens with two attached hydrogens (primary N) is 1. The summed E-state index contributed by atoms with van der Waals surface area (Å²) in [6, 6.07) is 5.60. The summed E-state index contributed by atoms with van der Waals surface area (Å²) in [5.74, 6) is 1.26. The van der Waals surface area contributed by atoms with Gasteiger partial charge in [-0.15, -0.1) is 10.2 Å². The Kier molecular flexibility index (Phi) is 2.22. The number of rotatable bonds is 1. The van der Waals surface area contributed by atoms with Gasteiger partial charge in [0.25, 0.3) is 5.78 Å². The molecule has 0 fully saturated rings. The van der Waals surface area contributed by atoms with E-state index in [9.17, 15) is 0 Å². The lowest BCUT2D eigenvalue weighted by atomic mass is 10.3. The average Bonchev–Trinajstić information content (AvgIpc) is 2.74. The SMILES string of the molecule is Cc1cc(C)n2c(-c3ccc(N)cn3)nnc2n1. The van der Waals surface area contributed by atoms with Gasteiger partial charge in [-0.25, -0.2) is 4.98 Å². The standard InChI is InChI=1S/C12H12N6/c1-7-5-8(2)18-11(16-17-12(18)15-7)10-4-3-9(13)6-14-10/h3-6H,13H2,1-2H3. The van der Waals surface area contributed by atoms with Crippen LogP contribution in [0, 0.1) is 13.8 Å². The Balaban J connectivity index is 2.27. The topological polar surface area (TPSA) is 82.0 Å². The third kappa shape index (κ3) is 1.58. The molecule has 0 aliphatic heterocycles. The number of aromatic nitrogens is 5. The third-order valence-corrected chi connectivity index (χ3v) is 2.71. The zero-order valence-corrected chi connectivity index (χ0v) is 10.1. The number of pyridine rings is 1. The first-order valence-corrected chi connectivity index (χ1v) is 5.56. The summed E-state index contributed by atoms with van der Waals surface area (Å²) in [5, 5.41) is 8.21. The van der Waals surface area contributed by atoms with Crippen molar-refractivity contribution in [3.63, 3.8) is 0 Å². The fourth-order valence-electron chi connectivity index (χ4n) is 1.93. The normalized spacial score (nSPS) is 11.0. The van der Waals surface area contributed by atoms with Crippen molar-refractivity contribution in [3.05, 3.63) is 35.8 Å². The summed E-state index contributed by atoms with van der Waals surface area (Å²) in [7, 11) is 0. The van der Waals surface area contributed by atoms with Crippen LogP contribution in [0.4, 0.5) is 5.69 Å². The molecule has 0 amide bonds. The summed E-state index contributed by atoms with van der Waals surface area (Å²) in [6.45, 7) is 3.93. The highest BCUT2D eigenvalue weighted by molar-refractivity contribution is 5.56. The maximum absolute atomic E-state index is 5.62. The van der Waals surface area contributed by atoms with Gasteiger partial charge in [0.05, 0.1) is 11.9 Å². The highest BCUT2D eigenvalue weighted by Crippen LogP contribution is 2.18. The molecule has 0 saturated heterocycles. The predicted octanol–water partition coefficient (Wildman–Crippen LogP) is 1.39. The molecule has 0 atom stereocenters. The van der Waals surface area contributed by atoms with Gasteiger partial charge in [-0.2, -0.15) is 0 Å². The van der Waals surface area contributed by atoms with Crippen LogP contribution in [0.3, 0.4) is 0 Å². The van der Waals surface area contributed by atoms with E-state index < -0.39 is 0 Å². The number of hydrogen-bond acceptors (Lipinski definition) is 5. The van der Waals surface area contributed by atoms with Gasteiger partial charge in [-0.05, 0) is 32.0 Å². The molecule has 6 heteroatoms. The summed E-state index contributed by atoms with van der Waals surface area (Å²) in [5.41, 5.74) is 8.92. The second kappa shape index (κ2) is 3.76. The highest BCUT2D eigenvalue weighted by Gasteiger charge is 2.12. The van der Waals surface area contributed by atoms with Crippen molar-refractivity contribution in [1.82, 2.24) is 24.6 Å². The minimum atomic E-state index is 0.584. The van der Waals surface area contributed by atoms with Gasteiger partial charge in [-0.3, -0.25) is 9.38 Å². The van der Waals surface area contributed by atoms with Crippen LogP contribution in [-0.4, -0.2) is 24.6 Å². The molecule has 0 unspecified atom stereocenters. The summed E-state index contributed by atoms with van der Waals surface area (Å²) < 4.78 is 1.88. The van der Waals surface area contributed by atoms with Crippen LogP contribution in [0.15, 0.2) is 24.4 Å². The first kappa shape index (κ1) is 10.6. The van der Waals surface area contributed by atoms with Crippen LogP contribution in [0.25, 0.3) is 17.3 Å². The van der Waals surface area contributed by atoms with Gasteiger partial charge in [0.2, 0.25) is 0 Å². The van der Waals surface area contributed by atoms with Gasteiger partial charge in [0.15, 0.2) is 5.82 Å². The molecule has 90 valence electrons. The third-order valence-electron chi connectivity index (χ3n) is 2.71. The first-order chi connectivity index (χ1) is 8.65. The number of anilines is 1. The van der Waals surface area contributed by atoms with E-state index in [1.807, 2.05) is 30.4 Å². The summed E-state index contributed by atoms with van der Waals surface area (Å²) in [6.07, 6.45) is 1.60. The molecule has 6 nitrogen and oxygen atoms in total. The number of nitrogen functional groups attached to an aromatic ring is 1. The van der Waals surface area contributed by atoms with E-state index in [0.29, 0.717) is 17.3 Å². The van der Waals surface area contributed by atoms with Crippen molar-refractivity contribution in [2.45, 2.75) is 13.8 Å². The van der Waals surface area contributed by atoms with Crippen molar-refractivity contribution < 1.29 is 0 Å². The zero-order chi connectivity index (χ0) is 12.7. The van der Waals surface area contributed by atoms with E-state index in [1.165, 1.54) is 0 Å². The molecule has 3 rings (SSSR count). The molecule has 3 aromatic rings. The Hall–Kier alpha value is -2.50. The average molecular weight is 240 g/mol. The monoisotopic (exact) mass is 240 g/mol. The van der Waals surface area contributed by atoms with E-state index in [-0.39, 0.29) is 0 Å². The number of fused-ring (bicyclic) bond motifs is 1. The molecule has 3 aromatic heterocycles. The van der Waals surface area contributed by atoms with Crippen LogP contribution < -0.4 is 5.73 Å². The molecular formula is C12H12N6. The lowest BCUT2D eigenvalue weighted by Gasteiger charge is -2.03. The molecule has 2 N–H and O–H groups in total. The highest BCUT2D eigenvalue weighted by atomic mass is 15.3. The van der Waals surface area contributed by atoms with Gasteiger partial charge in [0.1, 0.15) is 5.69 Å². The number of nitrogens with zero attached hydrogens (tertiary/aromatic N) is 5. The van der Waals surface area contributed by atoms with E-state index in [1.54, 1.807) is 12.3 Å². The minimum absolute atomic E-state index is 0.584. The van der Waals surface area contributed by atoms with Gasteiger partial charge >= 0.3 is 0 Å². The van der Waals surface area contributed by atoms with Crippen LogP contribution in [0.5, 0.6) is 0 Å². The second-order valence-corrected chi connectivity index (χ2v) is 4.17. The maximum Gasteiger partial charge on any atom is 0.255 e. The number of aryl methyl sites for hydroxylation is 2. The van der Waals surface area contributed by atoms with E-state index in [4.69, 9.17) is 5.73 Å². The molecule has 0 aliphatic carbocycles. The van der Waals surface area contributed by atoms with Crippen LogP contribution in [0.1, 0.15) is 11.4 Å².